The maximum absolute atomic E-state index is 11.2. The Labute approximate surface area is 461 Å². The lowest BCUT2D eigenvalue weighted by Gasteiger charge is -2.15. The molecule has 0 atom stereocenters. The van der Waals surface area contributed by atoms with Crippen LogP contribution in [0.3, 0.4) is 0 Å². The van der Waals surface area contributed by atoms with Crippen LogP contribution in [0.25, 0.3) is 46.1 Å². The molecule has 0 fully saturated rings. The van der Waals surface area contributed by atoms with Crippen molar-refractivity contribution in [1.82, 2.24) is 19.6 Å². The zero-order valence-corrected chi connectivity index (χ0v) is 47.9. The molecular weight excluding hydrogens is 1130 g/mol. The fourth-order valence-electron chi connectivity index (χ4n) is 7.83. The number of rotatable bonds is 18. The van der Waals surface area contributed by atoms with Crippen LogP contribution < -0.4 is 30.0 Å². The SMILES string of the molecule is C[Si](C)(C)CCOCn1nc(/C=C/c2ccc3c(c2)OCO3)c2ccc(N)cc21.C[Si](C)(C)CCOCn1nc(/C=C/c2ccc3c(c2)OCO3)c2ccc(Nc3cccc([N+](=O)[O-])c3)cc21.O=[N+]([O-])c1cccc(I)c1. The summed E-state index contributed by atoms with van der Waals surface area (Å²) in [4.78, 5) is 20.5. The van der Waals surface area contributed by atoms with Gasteiger partial charge in [-0.1, -0.05) is 75.7 Å². The van der Waals surface area contributed by atoms with Gasteiger partial charge in [-0.3, -0.25) is 20.2 Å². The van der Waals surface area contributed by atoms with Crippen LogP contribution in [-0.4, -0.2) is 72.4 Å². The molecule has 6 aromatic carbocycles. The normalized spacial score (nSPS) is 12.7. The van der Waals surface area contributed by atoms with E-state index in [0.717, 1.165) is 95.3 Å². The summed E-state index contributed by atoms with van der Waals surface area (Å²) in [5.41, 5.74) is 13.9. The average Bonchev–Trinajstić information content (AvgIpc) is 4.22. The first-order valence-corrected chi connectivity index (χ1v) is 33.3. The van der Waals surface area contributed by atoms with E-state index < -0.39 is 26.0 Å². The van der Waals surface area contributed by atoms with Crippen LogP contribution >= 0.6 is 22.6 Å². The van der Waals surface area contributed by atoms with Crippen LogP contribution in [0.15, 0.2) is 121 Å². The van der Waals surface area contributed by atoms with E-state index in [2.05, 4.69) is 44.6 Å². The molecule has 10 rings (SSSR count). The Morgan fingerprint density at radius 2 is 1.08 bits per heavy atom. The molecule has 0 saturated carbocycles. The molecule has 8 aromatic rings. The molecule has 0 bridgehead atoms. The van der Waals surface area contributed by atoms with Crippen LogP contribution in [0.2, 0.25) is 51.4 Å². The van der Waals surface area contributed by atoms with E-state index in [1.165, 1.54) is 24.3 Å². The van der Waals surface area contributed by atoms with Crippen molar-refractivity contribution in [3.05, 3.63) is 168 Å². The number of nitro groups is 2. The largest absolute Gasteiger partial charge is 0.454 e. The number of benzene rings is 6. The van der Waals surface area contributed by atoms with Gasteiger partial charge in [-0.2, -0.15) is 10.2 Å². The summed E-state index contributed by atoms with van der Waals surface area (Å²) >= 11 is 2.03. The van der Waals surface area contributed by atoms with E-state index in [0.29, 0.717) is 31.4 Å². The Bertz CT molecular complexity index is 3460. The topological polar surface area (TPSA) is 215 Å². The van der Waals surface area contributed by atoms with Gasteiger partial charge >= 0.3 is 0 Å². The third-order valence-electron chi connectivity index (χ3n) is 12.0. The molecule has 0 radical (unpaired) electrons. The molecular formula is C56H61IN8O10Si2. The van der Waals surface area contributed by atoms with Gasteiger partial charge in [-0.25, -0.2) is 9.36 Å². The summed E-state index contributed by atoms with van der Waals surface area (Å²) in [7, 11) is -2.33. The molecule has 2 aliphatic rings. The highest BCUT2D eigenvalue weighted by molar-refractivity contribution is 14.1. The Morgan fingerprint density at radius 1 is 0.597 bits per heavy atom. The zero-order chi connectivity index (χ0) is 54.7. The molecule has 400 valence electrons. The van der Waals surface area contributed by atoms with Gasteiger partial charge in [0.25, 0.3) is 11.4 Å². The number of aromatic nitrogens is 4. The molecule has 3 N–H and O–H groups in total. The molecule has 0 aliphatic carbocycles. The molecule has 21 heteroatoms. The Kier molecular flexibility index (Phi) is 18.1. The number of hydrogen-bond acceptors (Lipinski definition) is 14. The maximum Gasteiger partial charge on any atom is 0.271 e. The van der Waals surface area contributed by atoms with E-state index in [9.17, 15) is 20.2 Å². The van der Waals surface area contributed by atoms with E-state index in [1.807, 2.05) is 135 Å². The molecule has 0 spiro atoms. The number of anilines is 3. The summed E-state index contributed by atoms with van der Waals surface area (Å²) in [5.74, 6) is 3.03. The minimum Gasteiger partial charge on any atom is -0.454 e. The van der Waals surface area contributed by atoms with Crippen molar-refractivity contribution in [1.29, 1.82) is 0 Å². The van der Waals surface area contributed by atoms with Gasteiger partial charge in [0.1, 0.15) is 13.5 Å². The van der Waals surface area contributed by atoms with Crippen molar-refractivity contribution >= 4 is 113 Å². The van der Waals surface area contributed by atoms with Gasteiger partial charge in [0.15, 0.2) is 23.0 Å². The Morgan fingerprint density at radius 3 is 1.58 bits per heavy atom. The quantitative estimate of drug-likeness (QED) is 0.0204. The second kappa shape index (κ2) is 25.1. The van der Waals surface area contributed by atoms with Crippen LogP contribution in [0.1, 0.15) is 22.5 Å². The highest BCUT2D eigenvalue weighted by Crippen LogP contribution is 2.35. The van der Waals surface area contributed by atoms with Crippen LogP contribution in [0, 0.1) is 23.8 Å². The van der Waals surface area contributed by atoms with Crippen LogP contribution in [0.4, 0.5) is 28.4 Å². The van der Waals surface area contributed by atoms with Crippen molar-refractivity contribution in [2.45, 2.75) is 64.8 Å². The van der Waals surface area contributed by atoms with Gasteiger partial charge in [-0.05, 0) is 131 Å². The van der Waals surface area contributed by atoms with Crippen molar-refractivity contribution in [3.63, 3.8) is 0 Å². The number of hydrogen-bond donors (Lipinski definition) is 2. The first-order valence-electron chi connectivity index (χ1n) is 24.8. The predicted octanol–water partition coefficient (Wildman–Crippen LogP) is 13.9. The summed E-state index contributed by atoms with van der Waals surface area (Å²) < 4.78 is 38.3. The lowest BCUT2D eigenvalue weighted by Crippen LogP contribution is -2.22. The second-order valence-electron chi connectivity index (χ2n) is 20.5. The maximum atomic E-state index is 11.2. The summed E-state index contributed by atoms with van der Waals surface area (Å²) in [6.45, 7) is 16.7. The molecule has 0 unspecified atom stereocenters. The lowest BCUT2D eigenvalue weighted by molar-refractivity contribution is -0.385. The monoisotopic (exact) mass is 1190 g/mol. The minimum absolute atomic E-state index is 0.0351. The summed E-state index contributed by atoms with van der Waals surface area (Å²) in [6, 6.07) is 38.6. The van der Waals surface area contributed by atoms with Crippen molar-refractivity contribution in [3.8, 4) is 23.0 Å². The fraction of sp³-hybridized carbons (Fsp3) is 0.250. The van der Waals surface area contributed by atoms with Gasteiger partial charge in [-0.15, -0.1) is 0 Å². The number of fused-ring (bicyclic) bond motifs is 4. The highest BCUT2D eigenvalue weighted by atomic mass is 127. The molecule has 0 saturated heterocycles. The summed E-state index contributed by atoms with van der Waals surface area (Å²) in [6.07, 6.45) is 8.01. The number of non-ortho nitro benzene ring substituents is 2. The molecule has 77 heavy (non-hydrogen) atoms. The fourth-order valence-corrected chi connectivity index (χ4v) is 9.87. The number of nitrogens with zero attached hydrogens (tertiary/aromatic N) is 6. The highest BCUT2D eigenvalue weighted by Gasteiger charge is 2.18. The number of nitrogens with one attached hydrogen (secondary N) is 1. The molecule has 2 aromatic heterocycles. The number of nitro benzene ring substituents is 2. The van der Waals surface area contributed by atoms with Crippen molar-refractivity contribution in [2.75, 3.05) is 37.9 Å². The van der Waals surface area contributed by atoms with Gasteiger partial charge < -0.3 is 39.5 Å². The lowest BCUT2D eigenvalue weighted by atomic mass is 10.1. The second-order valence-corrected chi connectivity index (χ2v) is 33.0. The molecule has 2 aliphatic heterocycles. The van der Waals surface area contributed by atoms with Crippen LogP contribution in [-0.2, 0) is 22.9 Å². The van der Waals surface area contributed by atoms with Crippen molar-refractivity contribution in [2.24, 2.45) is 0 Å². The number of halogens is 1. The van der Waals surface area contributed by atoms with E-state index in [-0.39, 0.29) is 25.0 Å². The van der Waals surface area contributed by atoms with Gasteiger partial charge in [0.2, 0.25) is 13.6 Å². The number of ether oxygens (including phenoxy) is 6. The van der Waals surface area contributed by atoms with Gasteiger partial charge in [0.05, 0.1) is 32.3 Å². The molecule has 18 nitrogen and oxygen atoms in total. The first-order chi connectivity index (χ1) is 36.8. The molecule has 0 amide bonds. The first kappa shape index (κ1) is 55.7. The zero-order valence-electron chi connectivity index (χ0n) is 43.7. The van der Waals surface area contributed by atoms with Crippen molar-refractivity contribution < 1.29 is 38.3 Å². The summed E-state index contributed by atoms with van der Waals surface area (Å²) in [5, 5.41) is 36.2. The Hall–Kier alpha value is -7.58. The minimum atomic E-state index is -1.21. The third-order valence-corrected chi connectivity index (χ3v) is 16.1. The smallest absolute Gasteiger partial charge is 0.271 e. The third kappa shape index (κ3) is 15.8. The van der Waals surface area contributed by atoms with Gasteiger partial charge in [0, 0.05) is 85.0 Å². The van der Waals surface area contributed by atoms with Crippen LogP contribution in [0.5, 0.6) is 23.0 Å². The number of nitrogen functional groups attached to an aromatic ring is 1. The van der Waals surface area contributed by atoms with E-state index >= 15 is 0 Å². The number of nitrogens with two attached hydrogens (primary N) is 1. The molecule has 4 heterocycles. The predicted molar refractivity (Wildman–Crippen MR) is 317 cm³/mol. The van der Waals surface area contributed by atoms with E-state index in [1.54, 1.807) is 18.2 Å². The Balaban J connectivity index is 0.000000177. The van der Waals surface area contributed by atoms with E-state index in [4.69, 9.17) is 44.4 Å². The standard InChI is InChI=1S/C28H30N4O5Si.C22H27N3O3Si.C6H4INO2/c1-38(2,3)14-13-35-18-31-26-17-22(29-21-5-4-6-23(16-21)32(33)34)9-10-24(26)25(30-31)11-7-20-8-12-27-28(15-20)37-19-36-27;1-29(2,3)11-10-26-14-25-20-13-17(23)6-7-18(20)19(24-25)8-4-16-5-9-21-22(12-16)28-15-27-21;7-5-2-1-3-6(4-5)8(9)10/h4-12,15-17,29H,13-14,18-19H2,1-3H3;4-9,12-13H,10-11,14-15,23H2,1-3H3;1-4H/b11-7+;8-4+;. The average molecular weight is 1190 g/mol.